The summed E-state index contributed by atoms with van der Waals surface area (Å²) in [6.07, 6.45) is 3.30. The molecule has 2 aromatic carbocycles. The zero-order valence-electron chi connectivity index (χ0n) is 12.5. The Morgan fingerprint density at radius 2 is 1.96 bits per heavy atom. The minimum Gasteiger partial charge on any atom is -0.493 e. The number of methoxy groups -OCH3 is 1. The fraction of sp³-hybridized carbons (Fsp3) is 0.118. The van der Waals surface area contributed by atoms with Crippen LogP contribution in [0.3, 0.4) is 0 Å². The molecule has 0 fully saturated rings. The number of rotatable bonds is 5. The molecule has 0 aliphatic rings. The number of ether oxygens (including phenoxy) is 2. The Bertz CT molecular complexity index is 893. The van der Waals surface area contributed by atoms with Crippen molar-refractivity contribution in [2.45, 2.75) is 6.61 Å². The fourth-order valence-electron chi connectivity index (χ4n) is 2.14. The van der Waals surface area contributed by atoms with Crippen LogP contribution in [0.15, 0.2) is 40.8 Å². The SMILES string of the molecule is COc1ccc(/C=C/c2nc3cc(Cl)ccc3o2)cc1OC(F)F. The molecule has 0 saturated carbocycles. The third kappa shape index (κ3) is 3.65. The highest BCUT2D eigenvalue weighted by Gasteiger charge is 2.10. The number of nitrogens with zero attached hydrogens (tertiary/aromatic N) is 1. The molecule has 0 radical (unpaired) electrons. The highest BCUT2D eigenvalue weighted by Crippen LogP contribution is 2.30. The van der Waals surface area contributed by atoms with Crippen molar-refractivity contribution in [2.24, 2.45) is 0 Å². The Morgan fingerprint density at radius 3 is 2.71 bits per heavy atom. The van der Waals surface area contributed by atoms with Crippen LogP contribution in [0, 0.1) is 0 Å². The summed E-state index contributed by atoms with van der Waals surface area (Å²) >= 11 is 5.90. The van der Waals surface area contributed by atoms with Crippen LogP contribution in [-0.2, 0) is 0 Å². The standard InChI is InChI=1S/C17H12ClF2NO3/c1-22-14-5-2-10(8-15(14)24-17(19)20)3-7-16-21-12-9-11(18)4-6-13(12)23-16/h2-9,17H,1H3/b7-3+. The molecule has 3 rings (SSSR count). The maximum absolute atomic E-state index is 12.4. The van der Waals surface area contributed by atoms with Crippen molar-refractivity contribution < 1.29 is 22.7 Å². The summed E-state index contributed by atoms with van der Waals surface area (Å²) in [5, 5.41) is 0.565. The van der Waals surface area contributed by atoms with Crippen LogP contribution in [0.1, 0.15) is 11.5 Å². The number of aromatic nitrogens is 1. The topological polar surface area (TPSA) is 44.5 Å². The molecule has 24 heavy (non-hydrogen) atoms. The monoisotopic (exact) mass is 351 g/mol. The Hall–Kier alpha value is -2.60. The first-order valence-corrected chi connectivity index (χ1v) is 7.30. The Balaban J connectivity index is 1.87. The van der Waals surface area contributed by atoms with E-state index in [0.717, 1.165) is 0 Å². The van der Waals surface area contributed by atoms with Gasteiger partial charge in [0.1, 0.15) is 5.52 Å². The Labute approximate surface area is 141 Å². The molecule has 0 bridgehead atoms. The van der Waals surface area contributed by atoms with Crippen LogP contribution in [-0.4, -0.2) is 18.7 Å². The normalized spacial score (nSPS) is 11.5. The van der Waals surface area contributed by atoms with Crippen LogP contribution in [0.4, 0.5) is 8.78 Å². The molecule has 0 spiro atoms. The Morgan fingerprint density at radius 1 is 1.12 bits per heavy atom. The molecule has 7 heteroatoms. The van der Waals surface area contributed by atoms with Gasteiger partial charge in [-0.15, -0.1) is 0 Å². The summed E-state index contributed by atoms with van der Waals surface area (Å²) in [5.74, 6) is 0.558. The molecule has 0 unspecified atom stereocenters. The summed E-state index contributed by atoms with van der Waals surface area (Å²) in [6.45, 7) is -2.93. The van der Waals surface area contributed by atoms with Crippen molar-refractivity contribution in [3.05, 3.63) is 52.9 Å². The van der Waals surface area contributed by atoms with E-state index in [1.54, 1.807) is 42.5 Å². The molecule has 0 saturated heterocycles. The van der Waals surface area contributed by atoms with Crippen LogP contribution in [0.25, 0.3) is 23.3 Å². The average Bonchev–Trinajstić information content (AvgIpc) is 2.94. The number of fused-ring (bicyclic) bond motifs is 1. The molecule has 0 aliphatic heterocycles. The second-order valence-electron chi connectivity index (χ2n) is 4.79. The van der Waals surface area contributed by atoms with Crippen molar-refractivity contribution in [1.29, 1.82) is 0 Å². The summed E-state index contributed by atoms with van der Waals surface area (Å²) in [6, 6.07) is 9.82. The molecule has 4 nitrogen and oxygen atoms in total. The van der Waals surface area contributed by atoms with E-state index >= 15 is 0 Å². The largest absolute Gasteiger partial charge is 0.493 e. The highest BCUT2D eigenvalue weighted by atomic mass is 35.5. The van der Waals surface area contributed by atoms with E-state index in [9.17, 15) is 8.78 Å². The van der Waals surface area contributed by atoms with Gasteiger partial charge in [-0.2, -0.15) is 8.78 Å². The summed E-state index contributed by atoms with van der Waals surface area (Å²) in [4.78, 5) is 4.28. The molecule has 0 amide bonds. The Kier molecular flexibility index (Phi) is 4.66. The number of hydrogen-bond donors (Lipinski definition) is 0. The number of hydrogen-bond acceptors (Lipinski definition) is 4. The van der Waals surface area contributed by atoms with Gasteiger partial charge in [0, 0.05) is 11.1 Å². The summed E-state index contributed by atoms with van der Waals surface area (Å²) < 4.78 is 39.9. The predicted octanol–water partition coefficient (Wildman–Crippen LogP) is 5.26. The van der Waals surface area contributed by atoms with E-state index < -0.39 is 6.61 Å². The van der Waals surface area contributed by atoms with Crippen molar-refractivity contribution in [3.63, 3.8) is 0 Å². The van der Waals surface area contributed by atoms with E-state index in [4.69, 9.17) is 20.8 Å². The first-order valence-electron chi connectivity index (χ1n) is 6.92. The van der Waals surface area contributed by atoms with Crippen molar-refractivity contribution in [3.8, 4) is 11.5 Å². The first-order chi connectivity index (χ1) is 11.5. The van der Waals surface area contributed by atoms with Gasteiger partial charge in [-0.25, -0.2) is 4.98 Å². The molecule has 3 aromatic rings. The number of alkyl halides is 2. The van der Waals surface area contributed by atoms with E-state index in [-0.39, 0.29) is 11.5 Å². The van der Waals surface area contributed by atoms with Crippen molar-refractivity contribution in [2.75, 3.05) is 7.11 Å². The van der Waals surface area contributed by atoms with E-state index in [1.807, 2.05) is 0 Å². The zero-order chi connectivity index (χ0) is 17.1. The van der Waals surface area contributed by atoms with Crippen LogP contribution < -0.4 is 9.47 Å². The van der Waals surface area contributed by atoms with Crippen LogP contribution >= 0.6 is 11.6 Å². The molecule has 0 N–H and O–H groups in total. The third-order valence-electron chi connectivity index (χ3n) is 3.19. The molecular formula is C17H12ClF2NO3. The molecule has 1 heterocycles. The first kappa shape index (κ1) is 16.3. The minimum absolute atomic E-state index is 0.0426. The quantitative estimate of drug-likeness (QED) is 0.628. The molecule has 0 atom stereocenters. The maximum Gasteiger partial charge on any atom is 0.387 e. The van der Waals surface area contributed by atoms with Crippen LogP contribution in [0.2, 0.25) is 5.02 Å². The lowest BCUT2D eigenvalue weighted by molar-refractivity contribution is -0.0512. The third-order valence-corrected chi connectivity index (χ3v) is 3.42. The van der Waals surface area contributed by atoms with E-state index in [2.05, 4.69) is 9.72 Å². The number of halogens is 3. The molecular weight excluding hydrogens is 340 g/mol. The fourth-order valence-corrected chi connectivity index (χ4v) is 2.31. The minimum atomic E-state index is -2.93. The lowest BCUT2D eigenvalue weighted by Crippen LogP contribution is -2.03. The average molecular weight is 352 g/mol. The lowest BCUT2D eigenvalue weighted by atomic mass is 10.2. The van der Waals surface area contributed by atoms with Gasteiger partial charge < -0.3 is 13.9 Å². The summed E-state index contributed by atoms with van der Waals surface area (Å²) in [5.41, 5.74) is 1.88. The molecule has 124 valence electrons. The second kappa shape index (κ2) is 6.88. The smallest absolute Gasteiger partial charge is 0.387 e. The van der Waals surface area contributed by atoms with Gasteiger partial charge in [0.2, 0.25) is 5.89 Å². The van der Waals surface area contributed by atoms with Gasteiger partial charge in [0.25, 0.3) is 0 Å². The van der Waals surface area contributed by atoms with Gasteiger partial charge in [-0.3, -0.25) is 0 Å². The zero-order valence-corrected chi connectivity index (χ0v) is 13.3. The van der Waals surface area contributed by atoms with Crippen molar-refractivity contribution in [1.82, 2.24) is 4.98 Å². The second-order valence-corrected chi connectivity index (χ2v) is 5.22. The van der Waals surface area contributed by atoms with E-state index in [0.29, 0.717) is 27.6 Å². The van der Waals surface area contributed by atoms with Gasteiger partial charge in [0.05, 0.1) is 7.11 Å². The molecule has 0 aliphatic carbocycles. The lowest BCUT2D eigenvalue weighted by Gasteiger charge is -2.10. The van der Waals surface area contributed by atoms with Crippen molar-refractivity contribution >= 4 is 34.9 Å². The predicted molar refractivity (Wildman–Crippen MR) is 87.6 cm³/mol. The summed E-state index contributed by atoms with van der Waals surface area (Å²) in [7, 11) is 1.38. The number of benzene rings is 2. The van der Waals surface area contributed by atoms with Gasteiger partial charge in [0.15, 0.2) is 17.1 Å². The number of oxazole rings is 1. The highest BCUT2D eigenvalue weighted by molar-refractivity contribution is 6.31. The van der Waals surface area contributed by atoms with Gasteiger partial charge in [-0.1, -0.05) is 17.7 Å². The van der Waals surface area contributed by atoms with E-state index in [1.165, 1.54) is 13.2 Å². The van der Waals surface area contributed by atoms with Crippen LogP contribution in [0.5, 0.6) is 11.5 Å². The molecule has 1 aromatic heterocycles. The van der Waals surface area contributed by atoms with Gasteiger partial charge >= 0.3 is 6.61 Å². The van der Waals surface area contributed by atoms with Gasteiger partial charge in [-0.05, 0) is 42.0 Å². The maximum atomic E-state index is 12.4.